The van der Waals surface area contributed by atoms with Gasteiger partial charge in [0.15, 0.2) is 0 Å². The van der Waals surface area contributed by atoms with Gasteiger partial charge < -0.3 is 15.6 Å². The zero-order valence-corrected chi connectivity index (χ0v) is 8.90. The van der Waals surface area contributed by atoms with Gasteiger partial charge in [0.2, 0.25) is 5.91 Å². The first-order chi connectivity index (χ1) is 7.54. The minimum atomic E-state index is -1.06. The van der Waals surface area contributed by atoms with Crippen LogP contribution in [0.3, 0.4) is 0 Å². The van der Waals surface area contributed by atoms with E-state index in [0.717, 1.165) is 0 Å². The molecular weight excluding hydrogens is 210 g/mol. The van der Waals surface area contributed by atoms with Crippen LogP contribution in [0.15, 0.2) is 18.2 Å². The van der Waals surface area contributed by atoms with Crippen molar-refractivity contribution in [3.63, 3.8) is 0 Å². The lowest BCUT2D eigenvalue weighted by molar-refractivity contribution is -0.117. The zero-order valence-electron chi connectivity index (χ0n) is 8.90. The van der Waals surface area contributed by atoms with Crippen molar-refractivity contribution in [3.8, 4) is 5.75 Å². The number of carboxylic acid groups (broad SMARTS) is 1. The number of carbonyl (C=O) groups excluding carboxylic acids is 1. The highest BCUT2D eigenvalue weighted by Crippen LogP contribution is 2.21. The molecule has 0 spiro atoms. The summed E-state index contributed by atoms with van der Waals surface area (Å²) in [7, 11) is 0. The summed E-state index contributed by atoms with van der Waals surface area (Å²) in [6, 6.07) is 4.49. The Hall–Kier alpha value is -2.04. The van der Waals surface area contributed by atoms with E-state index in [2.05, 4.69) is 0 Å². The third-order valence-corrected chi connectivity index (χ3v) is 1.95. The SMILES string of the molecule is CCOc1cc(CC(N)=O)ccc1C(=O)O. The second-order valence-corrected chi connectivity index (χ2v) is 3.21. The molecule has 1 aromatic carbocycles. The lowest BCUT2D eigenvalue weighted by Crippen LogP contribution is -2.14. The third-order valence-electron chi connectivity index (χ3n) is 1.95. The minimum absolute atomic E-state index is 0.0694. The van der Waals surface area contributed by atoms with Crippen molar-refractivity contribution >= 4 is 11.9 Å². The van der Waals surface area contributed by atoms with E-state index in [1.807, 2.05) is 0 Å². The molecule has 0 aliphatic carbocycles. The fourth-order valence-electron chi connectivity index (χ4n) is 1.33. The van der Waals surface area contributed by atoms with E-state index in [9.17, 15) is 9.59 Å². The Kier molecular flexibility index (Phi) is 3.88. The van der Waals surface area contributed by atoms with Crippen molar-refractivity contribution in [2.24, 2.45) is 5.73 Å². The number of hydrogen-bond acceptors (Lipinski definition) is 3. The van der Waals surface area contributed by atoms with Gasteiger partial charge in [-0.3, -0.25) is 4.79 Å². The molecule has 16 heavy (non-hydrogen) atoms. The quantitative estimate of drug-likeness (QED) is 0.773. The summed E-state index contributed by atoms with van der Waals surface area (Å²) in [6.45, 7) is 2.12. The molecule has 0 saturated carbocycles. The van der Waals surface area contributed by atoms with Gasteiger partial charge in [0, 0.05) is 0 Å². The second-order valence-electron chi connectivity index (χ2n) is 3.21. The average Bonchev–Trinajstić information content (AvgIpc) is 2.17. The van der Waals surface area contributed by atoms with E-state index in [1.165, 1.54) is 12.1 Å². The summed E-state index contributed by atoms with van der Waals surface area (Å²) < 4.78 is 5.19. The Morgan fingerprint density at radius 1 is 1.44 bits per heavy atom. The monoisotopic (exact) mass is 223 g/mol. The topological polar surface area (TPSA) is 89.6 Å². The van der Waals surface area contributed by atoms with Crippen LogP contribution in [-0.4, -0.2) is 23.6 Å². The molecule has 0 bridgehead atoms. The zero-order chi connectivity index (χ0) is 12.1. The van der Waals surface area contributed by atoms with Crippen LogP contribution in [0.2, 0.25) is 0 Å². The van der Waals surface area contributed by atoms with Crippen LogP contribution in [0.4, 0.5) is 0 Å². The fourth-order valence-corrected chi connectivity index (χ4v) is 1.33. The van der Waals surface area contributed by atoms with Crippen LogP contribution >= 0.6 is 0 Å². The van der Waals surface area contributed by atoms with Crippen molar-refractivity contribution in [2.75, 3.05) is 6.61 Å². The number of amides is 1. The summed E-state index contributed by atoms with van der Waals surface area (Å²) in [5.41, 5.74) is 5.77. The number of carbonyl (C=O) groups is 2. The van der Waals surface area contributed by atoms with Crippen LogP contribution < -0.4 is 10.5 Å². The Bertz CT molecular complexity index is 414. The van der Waals surface area contributed by atoms with Gasteiger partial charge in [-0.05, 0) is 24.6 Å². The summed E-state index contributed by atoms with van der Waals surface area (Å²) >= 11 is 0. The van der Waals surface area contributed by atoms with Gasteiger partial charge in [-0.25, -0.2) is 4.79 Å². The summed E-state index contributed by atoms with van der Waals surface area (Å²) in [5, 5.41) is 8.89. The van der Waals surface area contributed by atoms with Crippen molar-refractivity contribution in [1.29, 1.82) is 0 Å². The van der Waals surface area contributed by atoms with Gasteiger partial charge in [-0.1, -0.05) is 6.07 Å². The number of rotatable bonds is 5. The molecule has 0 saturated heterocycles. The molecule has 0 heterocycles. The molecule has 0 fully saturated rings. The first-order valence-electron chi connectivity index (χ1n) is 4.82. The molecule has 0 aliphatic heterocycles. The summed E-state index contributed by atoms with van der Waals surface area (Å²) in [5.74, 6) is -1.27. The van der Waals surface area contributed by atoms with Gasteiger partial charge in [0.05, 0.1) is 13.0 Å². The number of nitrogens with two attached hydrogens (primary N) is 1. The molecule has 0 unspecified atom stereocenters. The maximum atomic E-state index is 10.9. The van der Waals surface area contributed by atoms with Crippen LogP contribution in [0, 0.1) is 0 Å². The van der Waals surface area contributed by atoms with E-state index < -0.39 is 11.9 Å². The number of benzene rings is 1. The maximum Gasteiger partial charge on any atom is 0.339 e. The van der Waals surface area contributed by atoms with Crippen molar-refractivity contribution in [2.45, 2.75) is 13.3 Å². The Morgan fingerprint density at radius 3 is 2.62 bits per heavy atom. The van der Waals surface area contributed by atoms with E-state index in [1.54, 1.807) is 13.0 Å². The van der Waals surface area contributed by atoms with E-state index in [4.69, 9.17) is 15.6 Å². The lowest BCUT2D eigenvalue weighted by atomic mass is 10.1. The van der Waals surface area contributed by atoms with Crippen LogP contribution in [0.25, 0.3) is 0 Å². The van der Waals surface area contributed by atoms with Gasteiger partial charge >= 0.3 is 5.97 Å². The lowest BCUT2D eigenvalue weighted by Gasteiger charge is -2.08. The first-order valence-corrected chi connectivity index (χ1v) is 4.82. The molecule has 0 aliphatic rings. The Balaban J connectivity index is 3.06. The number of primary amides is 1. The average molecular weight is 223 g/mol. The molecule has 5 heteroatoms. The third kappa shape index (κ3) is 2.98. The molecule has 5 nitrogen and oxygen atoms in total. The smallest absolute Gasteiger partial charge is 0.339 e. The molecule has 1 aromatic rings. The molecule has 1 amide bonds. The molecular formula is C11H13NO4. The van der Waals surface area contributed by atoms with Crippen molar-refractivity contribution < 1.29 is 19.4 Å². The first kappa shape index (κ1) is 12.0. The molecule has 0 aromatic heterocycles. The number of hydrogen-bond donors (Lipinski definition) is 2. The molecule has 3 N–H and O–H groups in total. The standard InChI is InChI=1S/C11H13NO4/c1-2-16-9-5-7(6-10(12)13)3-4-8(9)11(14)15/h3-5H,2,6H2,1H3,(H2,12,13)(H,14,15). The highest BCUT2D eigenvalue weighted by atomic mass is 16.5. The molecule has 1 rings (SSSR count). The number of carboxylic acids is 1. The predicted molar refractivity (Wildman–Crippen MR) is 57.5 cm³/mol. The van der Waals surface area contributed by atoms with Gasteiger partial charge in [0.25, 0.3) is 0 Å². The largest absolute Gasteiger partial charge is 0.493 e. The second kappa shape index (κ2) is 5.16. The van der Waals surface area contributed by atoms with Crippen molar-refractivity contribution in [3.05, 3.63) is 29.3 Å². The molecule has 0 atom stereocenters. The number of ether oxygens (including phenoxy) is 1. The maximum absolute atomic E-state index is 10.9. The van der Waals surface area contributed by atoms with Gasteiger partial charge in [0.1, 0.15) is 11.3 Å². The molecule has 0 radical (unpaired) electrons. The fraction of sp³-hybridized carbons (Fsp3) is 0.273. The van der Waals surface area contributed by atoms with E-state index in [-0.39, 0.29) is 17.7 Å². The normalized spacial score (nSPS) is 9.81. The van der Waals surface area contributed by atoms with Gasteiger partial charge in [-0.2, -0.15) is 0 Å². The van der Waals surface area contributed by atoms with E-state index >= 15 is 0 Å². The Morgan fingerprint density at radius 2 is 2.12 bits per heavy atom. The van der Waals surface area contributed by atoms with Crippen LogP contribution in [0.1, 0.15) is 22.8 Å². The highest BCUT2D eigenvalue weighted by Gasteiger charge is 2.12. The minimum Gasteiger partial charge on any atom is -0.493 e. The van der Waals surface area contributed by atoms with E-state index in [0.29, 0.717) is 12.2 Å². The van der Waals surface area contributed by atoms with Crippen LogP contribution in [0.5, 0.6) is 5.75 Å². The summed E-state index contributed by atoms with van der Waals surface area (Å²) in [6.07, 6.45) is 0.0694. The van der Waals surface area contributed by atoms with Crippen molar-refractivity contribution in [1.82, 2.24) is 0 Å². The van der Waals surface area contributed by atoms with Crippen LogP contribution in [-0.2, 0) is 11.2 Å². The Labute approximate surface area is 92.8 Å². The highest BCUT2D eigenvalue weighted by molar-refractivity contribution is 5.91. The van der Waals surface area contributed by atoms with Gasteiger partial charge in [-0.15, -0.1) is 0 Å². The number of aromatic carboxylic acids is 1. The predicted octanol–water partition coefficient (Wildman–Crippen LogP) is 0.811. The molecule has 86 valence electrons. The summed E-state index contributed by atoms with van der Waals surface area (Å²) in [4.78, 5) is 21.6.